The van der Waals surface area contributed by atoms with Crippen LogP contribution in [0.3, 0.4) is 0 Å². The van der Waals surface area contributed by atoms with Crippen LogP contribution in [0.5, 0.6) is 0 Å². The monoisotopic (exact) mass is 359 g/mol. The number of amides is 1. The van der Waals surface area contributed by atoms with Crippen molar-refractivity contribution in [2.75, 3.05) is 6.61 Å². The fourth-order valence-electron chi connectivity index (χ4n) is 3.85. The molecule has 1 N–H and O–H groups in total. The largest absolute Gasteiger partial charge is 0.368 e. The first kappa shape index (κ1) is 19.1. The van der Waals surface area contributed by atoms with Crippen LogP contribution in [0.15, 0.2) is 30.3 Å². The van der Waals surface area contributed by atoms with Crippen LogP contribution >= 0.6 is 0 Å². The number of nitrogens with one attached hydrogen (secondary N) is 1. The fourth-order valence-corrected chi connectivity index (χ4v) is 3.85. The predicted octanol–water partition coefficient (Wildman–Crippen LogP) is 3.01. The van der Waals surface area contributed by atoms with E-state index in [1.807, 2.05) is 37.3 Å². The molecule has 3 rings (SSSR count). The van der Waals surface area contributed by atoms with Gasteiger partial charge in [-0.3, -0.25) is 9.59 Å². The Balaban J connectivity index is 1.62. The third-order valence-corrected chi connectivity index (χ3v) is 5.46. The Bertz CT molecular complexity index is 597. The molecule has 1 saturated carbocycles. The smallest absolute Gasteiger partial charge is 0.249 e. The van der Waals surface area contributed by atoms with Crippen LogP contribution in [0.2, 0.25) is 0 Å². The van der Waals surface area contributed by atoms with Gasteiger partial charge >= 0.3 is 0 Å². The van der Waals surface area contributed by atoms with Crippen LogP contribution in [0, 0.1) is 5.92 Å². The van der Waals surface area contributed by atoms with Crippen molar-refractivity contribution >= 4 is 11.7 Å². The Morgan fingerprint density at radius 2 is 1.96 bits per heavy atom. The highest BCUT2D eigenvalue weighted by molar-refractivity contribution is 5.92. The minimum Gasteiger partial charge on any atom is -0.368 e. The molecule has 0 radical (unpaired) electrons. The van der Waals surface area contributed by atoms with E-state index in [4.69, 9.17) is 9.47 Å². The summed E-state index contributed by atoms with van der Waals surface area (Å²) in [6, 6.07) is 9.31. The number of hydrogen-bond donors (Lipinski definition) is 1. The lowest BCUT2D eigenvalue weighted by molar-refractivity contribution is -0.137. The molecule has 3 atom stereocenters. The molecule has 1 aliphatic carbocycles. The minimum absolute atomic E-state index is 0.0645. The Hall–Kier alpha value is -1.72. The maximum absolute atomic E-state index is 12.8. The summed E-state index contributed by atoms with van der Waals surface area (Å²) in [7, 11) is 0. The molecule has 1 aliphatic heterocycles. The van der Waals surface area contributed by atoms with E-state index < -0.39 is 12.1 Å². The summed E-state index contributed by atoms with van der Waals surface area (Å²) in [6.45, 7) is 2.29. The van der Waals surface area contributed by atoms with Crippen molar-refractivity contribution in [3.8, 4) is 0 Å². The van der Waals surface area contributed by atoms with Crippen LogP contribution < -0.4 is 5.32 Å². The zero-order valence-corrected chi connectivity index (χ0v) is 15.5. The normalized spacial score (nSPS) is 25.2. The SMILES string of the molecule is C[C@@H]1OCC(=O)[C@@H]1NC(=O)[C@H](CC1CCCCC1)OCc1ccccc1. The van der Waals surface area contributed by atoms with Crippen LogP contribution in [-0.2, 0) is 25.7 Å². The predicted molar refractivity (Wildman–Crippen MR) is 98.6 cm³/mol. The number of Topliss-reactive ketones (excluding diaryl/α,β-unsaturated/α-hetero) is 1. The number of ether oxygens (including phenoxy) is 2. The Morgan fingerprint density at radius 3 is 2.62 bits per heavy atom. The second-order valence-corrected chi connectivity index (χ2v) is 7.49. The van der Waals surface area contributed by atoms with E-state index >= 15 is 0 Å². The Morgan fingerprint density at radius 1 is 1.23 bits per heavy atom. The molecule has 0 aromatic heterocycles. The van der Waals surface area contributed by atoms with Gasteiger partial charge in [0.05, 0.1) is 12.7 Å². The fraction of sp³-hybridized carbons (Fsp3) is 0.619. The van der Waals surface area contributed by atoms with Gasteiger partial charge in [-0.2, -0.15) is 0 Å². The molecule has 0 spiro atoms. The molecule has 142 valence electrons. The number of carbonyl (C=O) groups is 2. The van der Waals surface area contributed by atoms with Crippen LogP contribution in [0.1, 0.15) is 51.0 Å². The summed E-state index contributed by atoms with van der Waals surface area (Å²) in [6.07, 6.45) is 5.95. The van der Waals surface area contributed by atoms with E-state index in [9.17, 15) is 9.59 Å². The number of benzene rings is 1. The lowest BCUT2D eigenvalue weighted by Crippen LogP contribution is -2.48. The molecule has 1 amide bonds. The molecular weight excluding hydrogens is 330 g/mol. The molecule has 2 aliphatic rings. The highest BCUT2D eigenvalue weighted by Gasteiger charge is 2.36. The molecule has 2 fully saturated rings. The minimum atomic E-state index is -0.559. The summed E-state index contributed by atoms with van der Waals surface area (Å²) in [5, 5.41) is 2.87. The highest BCUT2D eigenvalue weighted by Crippen LogP contribution is 2.28. The van der Waals surface area contributed by atoms with Crippen molar-refractivity contribution in [3.63, 3.8) is 0 Å². The van der Waals surface area contributed by atoms with Gasteiger partial charge in [0, 0.05) is 0 Å². The van der Waals surface area contributed by atoms with Gasteiger partial charge in [0.15, 0.2) is 5.78 Å². The first-order valence-corrected chi connectivity index (χ1v) is 9.73. The third kappa shape index (κ3) is 5.15. The first-order chi connectivity index (χ1) is 12.6. The van der Waals surface area contributed by atoms with Crippen molar-refractivity contribution in [1.29, 1.82) is 0 Å². The molecular formula is C21H29NO4. The lowest BCUT2D eigenvalue weighted by atomic mass is 9.85. The van der Waals surface area contributed by atoms with E-state index in [0.717, 1.165) is 24.8 Å². The van der Waals surface area contributed by atoms with Gasteiger partial charge in [0.25, 0.3) is 0 Å². The van der Waals surface area contributed by atoms with Gasteiger partial charge in [-0.05, 0) is 24.8 Å². The molecule has 1 saturated heterocycles. The van der Waals surface area contributed by atoms with E-state index in [1.54, 1.807) is 0 Å². The number of rotatable bonds is 7. The molecule has 1 aromatic rings. The summed E-state index contributed by atoms with van der Waals surface area (Å²) in [5.41, 5.74) is 1.04. The summed E-state index contributed by atoms with van der Waals surface area (Å²) in [4.78, 5) is 24.8. The van der Waals surface area contributed by atoms with Gasteiger partial charge < -0.3 is 14.8 Å². The number of ketones is 1. The van der Waals surface area contributed by atoms with Crippen molar-refractivity contribution < 1.29 is 19.1 Å². The summed E-state index contributed by atoms with van der Waals surface area (Å²) < 4.78 is 11.3. The zero-order chi connectivity index (χ0) is 18.4. The number of hydrogen-bond acceptors (Lipinski definition) is 4. The molecule has 1 aromatic carbocycles. The first-order valence-electron chi connectivity index (χ1n) is 9.73. The molecule has 0 unspecified atom stereocenters. The zero-order valence-electron chi connectivity index (χ0n) is 15.5. The molecule has 5 heteroatoms. The Kier molecular flexibility index (Phi) is 6.80. The molecule has 26 heavy (non-hydrogen) atoms. The second kappa shape index (κ2) is 9.28. The van der Waals surface area contributed by atoms with Gasteiger partial charge in [-0.1, -0.05) is 62.4 Å². The van der Waals surface area contributed by atoms with Crippen LogP contribution in [0.4, 0.5) is 0 Å². The van der Waals surface area contributed by atoms with E-state index in [-0.39, 0.29) is 24.4 Å². The second-order valence-electron chi connectivity index (χ2n) is 7.49. The molecule has 1 heterocycles. The average molecular weight is 359 g/mol. The number of carbonyl (C=O) groups excluding carboxylic acids is 2. The lowest BCUT2D eigenvalue weighted by Gasteiger charge is -2.27. The maximum atomic E-state index is 12.8. The van der Waals surface area contributed by atoms with E-state index in [1.165, 1.54) is 19.3 Å². The van der Waals surface area contributed by atoms with Gasteiger partial charge in [0.2, 0.25) is 5.91 Å². The van der Waals surface area contributed by atoms with Crippen molar-refractivity contribution in [3.05, 3.63) is 35.9 Å². The summed E-state index contributed by atoms with van der Waals surface area (Å²) in [5.74, 6) is 0.260. The van der Waals surface area contributed by atoms with Crippen LogP contribution in [-0.4, -0.2) is 36.5 Å². The highest BCUT2D eigenvalue weighted by atomic mass is 16.5. The Labute approximate surface area is 155 Å². The van der Waals surface area contributed by atoms with E-state index in [0.29, 0.717) is 12.5 Å². The topological polar surface area (TPSA) is 64.6 Å². The van der Waals surface area contributed by atoms with Crippen molar-refractivity contribution in [1.82, 2.24) is 5.32 Å². The quantitative estimate of drug-likeness (QED) is 0.813. The standard InChI is InChI=1S/C21H29NO4/c1-15-20(18(23)14-25-15)22-21(24)19(12-16-8-4-2-5-9-16)26-13-17-10-6-3-7-11-17/h3,6-7,10-11,15-16,19-20H,2,4-5,8-9,12-14H2,1H3,(H,22,24)/t15-,19-,20+/m0/s1. The van der Waals surface area contributed by atoms with Crippen molar-refractivity contribution in [2.45, 2.75) is 70.3 Å². The van der Waals surface area contributed by atoms with Gasteiger partial charge in [-0.25, -0.2) is 0 Å². The van der Waals surface area contributed by atoms with Gasteiger partial charge in [0.1, 0.15) is 18.8 Å². The maximum Gasteiger partial charge on any atom is 0.249 e. The molecule has 5 nitrogen and oxygen atoms in total. The van der Waals surface area contributed by atoms with Crippen molar-refractivity contribution in [2.24, 2.45) is 5.92 Å². The average Bonchev–Trinajstić information content (AvgIpc) is 2.98. The third-order valence-electron chi connectivity index (χ3n) is 5.46. The van der Waals surface area contributed by atoms with Gasteiger partial charge in [-0.15, -0.1) is 0 Å². The molecule has 0 bridgehead atoms. The van der Waals surface area contributed by atoms with E-state index in [2.05, 4.69) is 5.32 Å². The summed E-state index contributed by atoms with van der Waals surface area (Å²) >= 11 is 0. The van der Waals surface area contributed by atoms with Crippen LogP contribution in [0.25, 0.3) is 0 Å².